The number of carboxylic acid groups (broad SMARTS) is 1. The van der Waals surface area contributed by atoms with Crippen LogP contribution in [-0.4, -0.2) is 37.8 Å². The number of aliphatic carboxylic acids is 1. The van der Waals surface area contributed by atoms with Gasteiger partial charge < -0.3 is 14.9 Å². The first-order chi connectivity index (χ1) is 7.68. The van der Waals surface area contributed by atoms with Crippen LogP contribution in [0.15, 0.2) is 24.3 Å². The van der Waals surface area contributed by atoms with Gasteiger partial charge >= 0.3 is 5.97 Å². The molecule has 0 radical (unpaired) electrons. The lowest BCUT2D eigenvalue weighted by molar-refractivity contribution is -0.135. The molecule has 0 saturated heterocycles. The van der Waals surface area contributed by atoms with E-state index in [9.17, 15) is 4.79 Å². The molecule has 0 aromatic heterocycles. The van der Waals surface area contributed by atoms with Gasteiger partial charge in [0.05, 0.1) is 11.4 Å². The Morgan fingerprint density at radius 3 is 2.69 bits per heavy atom. The van der Waals surface area contributed by atoms with Crippen LogP contribution in [0.2, 0.25) is 0 Å². The van der Waals surface area contributed by atoms with E-state index in [0.29, 0.717) is 0 Å². The Labute approximate surface area is 95.1 Å². The van der Waals surface area contributed by atoms with E-state index in [1.165, 1.54) is 0 Å². The van der Waals surface area contributed by atoms with Crippen molar-refractivity contribution in [3.05, 3.63) is 24.3 Å². The van der Waals surface area contributed by atoms with Crippen molar-refractivity contribution in [2.75, 3.05) is 36.5 Å². The van der Waals surface area contributed by atoms with Crippen LogP contribution in [-0.2, 0) is 4.79 Å². The van der Waals surface area contributed by atoms with Gasteiger partial charge in [-0.15, -0.1) is 0 Å². The molecular formula is C12H16N2O2. The van der Waals surface area contributed by atoms with E-state index in [1.807, 2.05) is 36.2 Å². The van der Waals surface area contributed by atoms with Crippen LogP contribution in [0.5, 0.6) is 0 Å². The van der Waals surface area contributed by atoms with Crippen molar-refractivity contribution in [2.24, 2.45) is 0 Å². The Hall–Kier alpha value is -1.71. The summed E-state index contributed by atoms with van der Waals surface area (Å²) >= 11 is 0. The number of fused-ring (bicyclic) bond motifs is 1. The second-order valence-corrected chi connectivity index (χ2v) is 4.08. The van der Waals surface area contributed by atoms with E-state index in [4.69, 9.17) is 5.11 Å². The van der Waals surface area contributed by atoms with Gasteiger partial charge in [-0.3, -0.25) is 4.79 Å². The minimum atomic E-state index is -0.778. The molecule has 0 spiro atoms. The number of hydrogen-bond acceptors (Lipinski definition) is 3. The van der Waals surface area contributed by atoms with Crippen LogP contribution in [0.3, 0.4) is 0 Å². The van der Waals surface area contributed by atoms with Crippen LogP contribution in [0, 0.1) is 0 Å². The second kappa shape index (κ2) is 4.43. The van der Waals surface area contributed by atoms with Crippen LogP contribution < -0.4 is 9.80 Å². The minimum absolute atomic E-state index is 0.0743. The summed E-state index contributed by atoms with van der Waals surface area (Å²) in [6.07, 6.45) is 0.985. The smallest absolute Gasteiger partial charge is 0.323 e. The molecular weight excluding hydrogens is 204 g/mol. The summed E-state index contributed by atoms with van der Waals surface area (Å²) in [5, 5.41) is 8.89. The molecule has 0 atom stereocenters. The lowest BCUT2D eigenvalue weighted by Crippen LogP contribution is -2.30. The number of anilines is 2. The molecule has 0 amide bonds. The summed E-state index contributed by atoms with van der Waals surface area (Å²) in [4.78, 5) is 14.9. The number of para-hydroxylation sites is 2. The summed E-state index contributed by atoms with van der Waals surface area (Å²) in [6.45, 7) is 1.84. The summed E-state index contributed by atoms with van der Waals surface area (Å²) in [7, 11) is 2.04. The molecule has 16 heavy (non-hydrogen) atoms. The highest BCUT2D eigenvalue weighted by atomic mass is 16.4. The summed E-state index contributed by atoms with van der Waals surface area (Å²) in [6, 6.07) is 7.96. The fourth-order valence-electron chi connectivity index (χ4n) is 2.12. The molecule has 1 aliphatic rings. The lowest BCUT2D eigenvalue weighted by atomic mass is 10.2. The fourth-order valence-corrected chi connectivity index (χ4v) is 2.12. The van der Waals surface area contributed by atoms with E-state index in [2.05, 4.69) is 4.90 Å². The molecule has 2 rings (SSSR count). The Bertz CT molecular complexity index is 392. The first-order valence-electron chi connectivity index (χ1n) is 5.45. The zero-order valence-corrected chi connectivity index (χ0v) is 9.39. The quantitative estimate of drug-likeness (QED) is 0.818. The Morgan fingerprint density at radius 1 is 1.31 bits per heavy atom. The van der Waals surface area contributed by atoms with Crippen molar-refractivity contribution in [1.29, 1.82) is 0 Å². The number of nitrogens with zero attached hydrogens (tertiary/aromatic N) is 2. The molecule has 1 N–H and O–H groups in total. The largest absolute Gasteiger partial charge is 0.480 e. The zero-order valence-electron chi connectivity index (χ0n) is 9.39. The third-order valence-corrected chi connectivity index (χ3v) is 2.88. The third kappa shape index (κ3) is 2.10. The molecule has 4 heteroatoms. The Balaban J connectivity index is 2.34. The van der Waals surface area contributed by atoms with E-state index in [0.717, 1.165) is 30.9 Å². The Morgan fingerprint density at radius 2 is 2.00 bits per heavy atom. The zero-order chi connectivity index (χ0) is 11.5. The SMILES string of the molecule is CN1CCCN(CC(=O)O)c2ccccc21. The van der Waals surface area contributed by atoms with E-state index in [-0.39, 0.29) is 6.54 Å². The maximum Gasteiger partial charge on any atom is 0.323 e. The Kier molecular flexibility index (Phi) is 2.99. The predicted octanol–water partition coefficient (Wildman–Crippen LogP) is 1.42. The number of benzene rings is 1. The third-order valence-electron chi connectivity index (χ3n) is 2.88. The van der Waals surface area contributed by atoms with Crippen molar-refractivity contribution in [2.45, 2.75) is 6.42 Å². The van der Waals surface area contributed by atoms with Crippen molar-refractivity contribution in [1.82, 2.24) is 0 Å². The lowest BCUT2D eigenvalue weighted by Gasteiger charge is -2.24. The van der Waals surface area contributed by atoms with E-state index < -0.39 is 5.97 Å². The standard InChI is InChI=1S/C12H16N2O2/c1-13-7-4-8-14(9-12(15)16)11-6-3-2-5-10(11)13/h2-3,5-6H,4,7-9H2,1H3,(H,15,16). The minimum Gasteiger partial charge on any atom is -0.480 e. The fraction of sp³-hybridized carbons (Fsp3) is 0.417. The van der Waals surface area contributed by atoms with Gasteiger partial charge in [0.2, 0.25) is 0 Å². The molecule has 1 heterocycles. The summed E-state index contributed by atoms with van der Waals surface area (Å²) in [5.41, 5.74) is 2.13. The maximum atomic E-state index is 10.8. The molecule has 0 fully saturated rings. The molecule has 0 bridgehead atoms. The van der Waals surface area contributed by atoms with Gasteiger partial charge in [-0.1, -0.05) is 12.1 Å². The predicted molar refractivity (Wildman–Crippen MR) is 64.2 cm³/mol. The van der Waals surface area contributed by atoms with E-state index in [1.54, 1.807) is 0 Å². The molecule has 4 nitrogen and oxygen atoms in total. The van der Waals surface area contributed by atoms with Crippen molar-refractivity contribution in [3.63, 3.8) is 0 Å². The maximum absolute atomic E-state index is 10.8. The summed E-state index contributed by atoms with van der Waals surface area (Å²) in [5.74, 6) is -0.778. The molecule has 1 aromatic carbocycles. The average Bonchev–Trinajstić information content (AvgIpc) is 2.40. The van der Waals surface area contributed by atoms with Crippen LogP contribution in [0.1, 0.15) is 6.42 Å². The van der Waals surface area contributed by atoms with Crippen molar-refractivity contribution in [3.8, 4) is 0 Å². The monoisotopic (exact) mass is 220 g/mol. The van der Waals surface area contributed by atoms with E-state index >= 15 is 0 Å². The first kappa shape index (κ1) is 10.8. The summed E-state index contributed by atoms with van der Waals surface area (Å²) < 4.78 is 0. The van der Waals surface area contributed by atoms with Gasteiger partial charge in [0, 0.05) is 20.1 Å². The molecule has 0 aliphatic carbocycles. The highest BCUT2D eigenvalue weighted by molar-refractivity contribution is 5.79. The normalized spacial score (nSPS) is 15.6. The van der Waals surface area contributed by atoms with Gasteiger partial charge in [0.1, 0.15) is 6.54 Å². The number of hydrogen-bond donors (Lipinski definition) is 1. The number of carboxylic acids is 1. The van der Waals surface area contributed by atoms with Gasteiger partial charge in [0.25, 0.3) is 0 Å². The number of rotatable bonds is 2. The second-order valence-electron chi connectivity index (χ2n) is 4.08. The van der Waals surface area contributed by atoms with Gasteiger partial charge in [-0.2, -0.15) is 0 Å². The van der Waals surface area contributed by atoms with Gasteiger partial charge in [-0.05, 0) is 18.6 Å². The number of carbonyl (C=O) groups is 1. The molecule has 0 saturated carbocycles. The average molecular weight is 220 g/mol. The van der Waals surface area contributed by atoms with Crippen molar-refractivity contribution >= 4 is 17.3 Å². The molecule has 1 aromatic rings. The highest BCUT2D eigenvalue weighted by Crippen LogP contribution is 2.30. The topological polar surface area (TPSA) is 43.8 Å². The molecule has 1 aliphatic heterocycles. The first-order valence-corrected chi connectivity index (χ1v) is 5.45. The van der Waals surface area contributed by atoms with Gasteiger partial charge in [-0.25, -0.2) is 0 Å². The van der Waals surface area contributed by atoms with Crippen LogP contribution in [0.4, 0.5) is 11.4 Å². The van der Waals surface area contributed by atoms with Crippen LogP contribution >= 0.6 is 0 Å². The van der Waals surface area contributed by atoms with Crippen molar-refractivity contribution < 1.29 is 9.90 Å². The van der Waals surface area contributed by atoms with Crippen LogP contribution in [0.25, 0.3) is 0 Å². The van der Waals surface area contributed by atoms with Gasteiger partial charge in [0.15, 0.2) is 0 Å². The molecule has 0 unspecified atom stereocenters. The highest BCUT2D eigenvalue weighted by Gasteiger charge is 2.19. The molecule has 86 valence electrons.